The number of sulfonamides is 1. The number of primary sulfonamides is 1. The van der Waals surface area contributed by atoms with Gasteiger partial charge in [0, 0.05) is 19.8 Å². The number of aliphatic hydroxyl groups excluding tert-OH is 1. The molecule has 0 radical (unpaired) electrons. The number of nitrogens with two attached hydrogens (primary N) is 1. The van der Waals surface area contributed by atoms with E-state index in [2.05, 4.69) is 27.7 Å². The molecule has 0 atom stereocenters. The molecule has 6 heteroatoms. The number of unbranched alkanes of at least 4 members (excludes halogenated alkanes) is 5. The minimum absolute atomic E-state index is 0.103. The lowest BCUT2D eigenvalue weighted by Gasteiger charge is -2.32. The van der Waals surface area contributed by atoms with E-state index in [0.717, 1.165) is 64.6 Å². The van der Waals surface area contributed by atoms with Crippen molar-refractivity contribution in [2.24, 2.45) is 16.0 Å². The maximum Gasteiger partial charge on any atom is 0.209 e. The quantitative estimate of drug-likeness (QED) is 0.143. The lowest BCUT2D eigenvalue weighted by molar-refractivity contribution is 0.113. The van der Waals surface area contributed by atoms with Gasteiger partial charge in [0.2, 0.25) is 10.0 Å². The zero-order valence-electron chi connectivity index (χ0n) is 22.5. The van der Waals surface area contributed by atoms with Crippen LogP contribution in [0.25, 0.3) is 0 Å². The SMILES string of the molecule is CCC(CC)(CCCCCO)CCCCOCCCCC(CC)(CC)CCCCS(N)(=O)=O. The molecular weight excluding hydrogens is 434 g/mol. The second kappa shape index (κ2) is 19.1. The fraction of sp³-hybridized carbons (Fsp3) is 1.00. The Bertz CT molecular complexity index is 542. The first kappa shape index (κ1) is 32.8. The highest BCUT2D eigenvalue weighted by Crippen LogP contribution is 2.39. The van der Waals surface area contributed by atoms with Crippen LogP contribution in [0.2, 0.25) is 0 Å². The average Bonchev–Trinajstić information content (AvgIpc) is 2.80. The maximum absolute atomic E-state index is 11.1. The van der Waals surface area contributed by atoms with Crippen molar-refractivity contribution in [1.82, 2.24) is 0 Å². The molecule has 0 amide bonds. The van der Waals surface area contributed by atoms with E-state index >= 15 is 0 Å². The Balaban J connectivity index is 4.01. The minimum Gasteiger partial charge on any atom is -0.396 e. The van der Waals surface area contributed by atoms with Crippen LogP contribution in [0.1, 0.15) is 137 Å². The zero-order valence-corrected chi connectivity index (χ0v) is 23.3. The summed E-state index contributed by atoms with van der Waals surface area (Å²) in [5, 5.41) is 14.1. The van der Waals surface area contributed by atoms with Gasteiger partial charge in [0.15, 0.2) is 0 Å². The van der Waals surface area contributed by atoms with Gasteiger partial charge in [0.25, 0.3) is 0 Å². The summed E-state index contributed by atoms with van der Waals surface area (Å²) in [6.07, 6.45) is 19.3. The number of hydrogen-bond donors (Lipinski definition) is 2. The summed E-state index contributed by atoms with van der Waals surface area (Å²) in [6, 6.07) is 0. The molecule has 0 fully saturated rings. The molecule has 0 spiro atoms. The van der Waals surface area contributed by atoms with Gasteiger partial charge >= 0.3 is 0 Å². The highest BCUT2D eigenvalue weighted by molar-refractivity contribution is 7.89. The van der Waals surface area contributed by atoms with E-state index in [1.807, 2.05) is 0 Å². The Labute approximate surface area is 206 Å². The van der Waals surface area contributed by atoms with E-state index in [1.54, 1.807) is 0 Å². The average molecular weight is 492 g/mol. The molecule has 0 aromatic heterocycles. The lowest BCUT2D eigenvalue weighted by Crippen LogP contribution is -2.21. The van der Waals surface area contributed by atoms with Crippen LogP contribution in [-0.4, -0.2) is 39.1 Å². The normalized spacial score (nSPS) is 13.0. The molecule has 5 nitrogen and oxygen atoms in total. The number of rotatable bonds is 24. The van der Waals surface area contributed by atoms with Crippen molar-refractivity contribution >= 4 is 10.0 Å². The number of ether oxygens (including phenoxy) is 1. The van der Waals surface area contributed by atoms with Crippen molar-refractivity contribution < 1.29 is 18.3 Å². The van der Waals surface area contributed by atoms with Crippen molar-refractivity contribution in [2.75, 3.05) is 25.6 Å². The summed E-state index contributed by atoms with van der Waals surface area (Å²) in [6.45, 7) is 11.2. The van der Waals surface area contributed by atoms with Crippen molar-refractivity contribution in [2.45, 2.75) is 137 Å². The van der Waals surface area contributed by atoms with Crippen LogP contribution in [-0.2, 0) is 14.8 Å². The molecule has 33 heavy (non-hydrogen) atoms. The van der Waals surface area contributed by atoms with Crippen molar-refractivity contribution in [3.05, 3.63) is 0 Å². The van der Waals surface area contributed by atoms with Crippen LogP contribution in [0.4, 0.5) is 0 Å². The molecule has 0 aliphatic rings. The van der Waals surface area contributed by atoms with Crippen molar-refractivity contribution in [3.63, 3.8) is 0 Å². The summed E-state index contributed by atoms with van der Waals surface area (Å²) in [4.78, 5) is 0. The molecule has 200 valence electrons. The van der Waals surface area contributed by atoms with Crippen LogP contribution < -0.4 is 5.14 Å². The molecule has 0 heterocycles. The molecule has 0 aliphatic heterocycles. The second-order valence-electron chi connectivity index (χ2n) is 10.3. The van der Waals surface area contributed by atoms with Crippen molar-refractivity contribution in [1.29, 1.82) is 0 Å². The molecule has 3 N–H and O–H groups in total. The van der Waals surface area contributed by atoms with E-state index < -0.39 is 10.0 Å². The molecule has 0 saturated heterocycles. The molecule has 0 aliphatic carbocycles. The van der Waals surface area contributed by atoms with Gasteiger partial charge in [0.1, 0.15) is 0 Å². The van der Waals surface area contributed by atoms with Crippen molar-refractivity contribution in [3.8, 4) is 0 Å². The maximum atomic E-state index is 11.1. The van der Waals surface area contributed by atoms with Gasteiger partial charge in [-0.25, -0.2) is 13.6 Å². The minimum atomic E-state index is -3.33. The Hall–Kier alpha value is -0.170. The third-order valence-electron chi connectivity index (χ3n) is 8.24. The largest absolute Gasteiger partial charge is 0.396 e. The molecule has 0 aromatic carbocycles. The predicted octanol–water partition coefficient (Wildman–Crippen LogP) is 6.97. The van der Waals surface area contributed by atoms with Crippen LogP contribution in [0.3, 0.4) is 0 Å². The van der Waals surface area contributed by atoms with Crippen LogP contribution in [0.5, 0.6) is 0 Å². The molecule has 0 saturated carbocycles. The fourth-order valence-corrected chi connectivity index (χ4v) is 5.87. The Morgan fingerprint density at radius 3 is 1.39 bits per heavy atom. The fourth-order valence-electron chi connectivity index (χ4n) is 5.27. The van der Waals surface area contributed by atoms with E-state index in [4.69, 9.17) is 15.0 Å². The molecule has 0 bridgehead atoms. The molecular formula is C27H57NO4S. The molecule has 0 aromatic rings. The van der Waals surface area contributed by atoms with E-state index in [9.17, 15) is 8.42 Å². The highest BCUT2D eigenvalue weighted by Gasteiger charge is 2.26. The predicted molar refractivity (Wildman–Crippen MR) is 142 cm³/mol. The molecule has 0 rings (SSSR count). The Kier molecular flexibility index (Phi) is 19.0. The zero-order chi connectivity index (χ0) is 25.1. The first-order valence-corrected chi connectivity index (χ1v) is 15.6. The van der Waals surface area contributed by atoms with E-state index in [-0.39, 0.29) is 5.75 Å². The number of hydrogen-bond acceptors (Lipinski definition) is 4. The van der Waals surface area contributed by atoms with Gasteiger partial charge < -0.3 is 9.84 Å². The van der Waals surface area contributed by atoms with Crippen LogP contribution in [0, 0.1) is 10.8 Å². The highest BCUT2D eigenvalue weighted by atomic mass is 32.2. The van der Waals surface area contributed by atoms with Crippen LogP contribution in [0.15, 0.2) is 0 Å². The standard InChI is InChI=1S/C27H57NO4S/c1-5-26(6-2,18-10-9-14-22-29)19-11-15-23-32-24-16-12-20-27(7-3,8-4)21-13-17-25-33(28,30)31/h29H,5-25H2,1-4H3,(H2,28,30,31). The summed E-state index contributed by atoms with van der Waals surface area (Å²) >= 11 is 0. The van der Waals surface area contributed by atoms with Gasteiger partial charge in [-0.2, -0.15) is 0 Å². The Morgan fingerprint density at radius 2 is 1.03 bits per heavy atom. The lowest BCUT2D eigenvalue weighted by atomic mass is 9.74. The first-order chi connectivity index (χ1) is 15.7. The molecule has 0 unspecified atom stereocenters. The van der Waals surface area contributed by atoms with Gasteiger partial charge in [0.05, 0.1) is 5.75 Å². The monoisotopic (exact) mass is 491 g/mol. The van der Waals surface area contributed by atoms with Gasteiger partial charge in [-0.1, -0.05) is 85.5 Å². The number of aliphatic hydroxyl groups is 1. The smallest absolute Gasteiger partial charge is 0.209 e. The van der Waals surface area contributed by atoms with Gasteiger partial charge in [-0.3, -0.25) is 0 Å². The van der Waals surface area contributed by atoms with Crippen LogP contribution >= 0.6 is 0 Å². The third-order valence-corrected chi connectivity index (χ3v) is 9.10. The summed E-state index contributed by atoms with van der Waals surface area (Å²) in [5.74, 6) is 0.103. The Morgan fingerprint density at radius 1 is 0.636 bits per heavy atom. The van der Waals surface area contributed by atoms with Gasteiger partial charge in [-0.15, -0.1) is 0 Å². The van der Waals surface area contributed by atoms with E-state index in [1.165, 1.54) is 51.4 Å². The summed E-state index contributed by atoms with van der Waals surface area (Å²) in [7, 11) is -3.33. The third kappa shape index (κ3) is 16.2. The van der Waals surface area contributed by atoms with Gasteiger partial charge in [-0.05, 0) is 62.2 Å². The van der Waals surface area contributed by atoms with E-state index in [0.29, 0.717) is 23.9 Å². The topological polar surface area (TPSA) is 89.6 Å². The first-order valence-electron chi connectivity index (χ1n) is 13.9. The summed E-state index contributed by atoms with van der Waals surface area (Å²) < 4.78 is 28.2. The second-order valence-corrected chi connectivity index (χ2v) is 12.0. The summed E-state index contributed by atoms with van der Waals surface area (Å²) in [5.41, 5.74) is 0.812.